The normalized spacial score (nSPS) is 32.0. The van der Waals surface area contributed by atoms with Crippen molar-refractivity contribution >= 4 is 10.5 Å². The van der Waals surface area contributed by atoms with Crippen LogP contribution in [-0.2, 0) is 11.2 Å². The lowest BCUT2D eigenvalue weighted by Crippen LogP contribution is -2.54. The summed E-state index contributed by atoms with van der Waals surface area (Å²) in [6.45, 7) is -0.403. The Morgan fingerprint density at radius 2 is 1.65 bits per heavy atom. The minimum absolute atomic E-state index is 0.403. The van der Waals surface area contributed by atoms with Gasteiger partial charge in [0, 0.05) is 16.9 Å². The van der Waals surface area contributed by atoms with Crippen LogP contribution in [0.3, 0.4) is 0 Å². The van der Waals surface area contributed by atoms with E-state index in [9.17, 15) is 20.4 Å². The molecule has 1 aliphatic heterocycles. The number of rotatable bonds is 4. The van der Waals surface area contributed by atoms with Crippen LogP contribution in [0.15, 0.2) is 47.8 Å². The molecular formula is C17H21O5S+. The molecule has 0 saturated carbocycles. The van der Waals surface area contributed by atoms with Crippen molar-refractivity contribution in [2.45, 2.75) is 36.3 Å². The standard InChI is InChI=1S/C17H21O5S/c18-10-13-14(19)15(20)16(21)17(22-13)23-8-4-7-12(23)9-11-5-2-1-3-6-11/h1-8,13-21H,9-10H2/q+1/t13-,14-,15+,16-,17+,23?/m1/s1. The third-order valence-corrected chi connectivity index (χ3v) is 6.36. The van der Waals surface area contributed by atoms with Crippen LogP contribution < -0.4 is 0 Å². The molecule has 1 saturated heterocycles. The Bertz CT molecular complexity index is 627. The Kier molecular flexibility index (Phi) is 5.11. The van der Waals surface area contributed by atoms with E-state index < -0.39 is 46.9 Å². The molecule has 0 spiro atoms. The van der Waals surface area contributed by atoms with Crippen molar-refractivity contribution in [1.82, 2.24) is 0 Å². The molecule has 4 N–H and O–H groups in total. The number of aliphatic hydroxyl groups excluding tert-OH is 4. The van der Waals surface area contributed by atoms with Crippen molar-refractivity contribution in [2.75, 3.05) is 6.61 Å². The van der Waals surface area contributed by atoms with Crippen molar-refractivity contribution in [3.63, 3.8) is 0 Å². The molecule has 0 aliphatic carbocycles. The smallest absolute Gasteiger partial charge is 0.267 e. The van der Waals surface area contributed by atoms with Gasteiger partial charge in [0.1, 0.15) is 23.7 Å². The van der Waals surface area contributed by atoms with Gasteiger partial charge in [-0.3, -0.25) is 0 Å². The van der Waals surface area contributed by atoms with E-state index in [4.69, 9.17) is 4.74 Å². The van der Waals surface area contributed by atoms with Gasteiger partial charge in [0.2, 0.25) is 0 Å². The summed E-state index contributed by atoms with van der Waals surface area (Å²) in [6.07, 6.45) is -3.98. The fraction of sp³-hybridized carbons (Fsp3) is 0.412. The minimum Gasteiger partial charge on any atom is -0.394 e. The van der Waals surface area contributed by atoms with E-state index in [1.807, 2.05) is 47.8 Å². The molecule has 1 aliphatic rings. The Hall–Kier alpha value is -1.28. The zero-order valence-electron chi connectivity index (χ0n) is 12.5. The number of hydrogen-bond acceptors (Lipinski definition) is 5. The average molecular weight is 337 g/mol. The summed E-state index contributed by atoms with van der Waals surface area (Å²) in [5.41, 5.74) is 0.490. The number of thiophene rings is 1. The lowest BCUT2D eigenvalue weighted by molar-refractivity contribution is -0.218. The number of ether oxygens (including phenoxy) is 1. The van der Waals surface area contributed by atoms with E-state index in [-0.39, 0.29) is 0 Å². The SMILES string of the molecule is OC[C@H]1O[C@@H]([s+]2cccc2Cc2ccccc2)[C@H](O)[C@@H](O)[C@@H]1O. The second-order valence-electron chi connectivity index (χ2n) is 5.69. The van der Waals surface area contributed by atoms with Gasteiger partial charge in [-0.1, -0.05) is 30.3 Å². The van der Waals surface area contributed by atoms with Crippen molar-refractivity contribution in [3.05, 3.63) is 58.3 Å². The van der Waals surface area contributed by atoms with E-state index >= 15 is 0 Å². The second kappa shape index (κ2) is 7.09. The fourth-order valence-electron chi connectivity index (χ4n) is 2.84. The lowest BCUT2D eigenvalue weighted by Gasteiger charge is -2.36. The molecule has 6 heteroatoms. The summed E-state index contributed by atoms with van der Waals surface area (Å²) in [5.74, 6) is 0. The van der Waals surface area contributed by atoms with Gasteiger partial charge in [-0.2, -0.15) is 0 Å². The van der Waals surface area contributed by atoms with Gasteiger partial charge in [0.05, 0.1) is 6.61 Å². The van der Waals surface area contributed by atoms with Gasteiger partial charge in [-0.25, -0.2) is 0 Å². The van der Waals surface area contributed by atoms with Crippen LogP contribution in [0.4, 0.5) is 0 Å². The Morgan fingerprint density at radius 1 is 0.913 bits per heavy atom. The molecule has 1 aromatic carbocycles. The average Bonchev–Trinajstić information content (AvgIpc) is 3.02. The van der Waals surface area contributed by atoms with Gasteiger partial charge < -0.3 is 25.2 Å². The number of benzene rings is 1. The molecule has 1 fully saturated rings. The fourth-order valence-corrected chi connectivity index (χ4v) is 5.01. The number of aliphatic hydroxyl groups is 4. The topological polar surface area (TPSA) is 90.2 Å². The van der Waals surface area contributed by atoms with E-state index in [1.165, 1.54) is 0 Å². The Balaban J connectivity index is 1.85. The van der Waals surface area contributed by atoms with Crippen LogP contribution in [0.1, 0.15) is 15.9 Å². The molecule has 5 nitrogen and oxygen atoms in total. The molecule has 1 aromatic heterocycles. The molecular weight excluding hydrogens is 316 g/mol. The first kappa shape index (κ1) is 16.6. The van der Waals surface area contributed by atoms with Crippen LogP contribution in [0.25, 0.3) is 0 Å². The highest BCUT2D eigenvalue weighted by atomic mass is 32.2. The first-order valence-electron chi connectivity index (χ1n) is 7.55. The predicted molar refractivity (Wildman–Crippen MR) is 87.2 cm³/mol. The first-order chi connectivity index (χ1) is 11.1. The van der Waals surface area contributed by atoms with E-state index in [1.54, 1.807) is 0 Å². The van der Waals surface area contributed by atoms with E-state index in [0.29, 0.717) is 0 Å². The third kappa shape index (κ3) is 3.33. The molecule has 0 amide bonds. The van der Waals surface area contributed by atoms with Gasteiger partial charge >= 0.3 is 0 Å². The maximum atomic E-state index is 10.3. The maximum absolute atomic E-state index is 10.3. The lowest BCUT2D eigenvalue weighted by atomic mass is 10.0. The molecule has 2 heterocycles. The van der Waals surface area contributed by atoms with Crippen molar-refractivity contribution in [3.8, 4) is 0 Å². The second-order valence-corrected chi connectivity index (χ2v) is 7.70. The Labute approximate surface area is 137 Å². The van der Waals surface area contributed by atoms with E-state index in [0.717, 1.165) is 16.9 Å². The summed E-state index contributed by atoms with van der Waals surface area (Å²) >= 11 is 0. The quantitative estimate of drug-likeness (QED) is 0.625. The predicted octanol–water partition coefficient (Wildman–Crippen LogP) is 0.999. The van der Waals surface area contributed by atoms with Gasteiger partial charge in [-0.05, 0) is 17.7 Å². The highest BCUT2D eigenvalue weighted by molar-refractivity contribution is 7.30. The largest absolute Gasteiger partial charge is 0.394 e. The summed E-state index contributed by atoms with van der Waals surface area (Å²) in [6, 6.07) is 13.9. The van der Waals surface area contributed by atoms with Crippen LogP contribution in [-0.4, -0.2) is 51.4 Å². The molecule has 0 radical (unpaired) electrons. The molecule has 0 bridgehead atoms. The summed E-state index contributed by atoms with van der Waals surface area (Å²) in [7, 11) is -0.514. The highest BCUT2D eigenvalue weighted by Gasteiger charge is 2.49. The van der Waals surface area contributed by atoms with Crippen molar-refractivity contribution in [2.24, 2.45) is 0 Å². The Morgan fingerprint density at radius 3 is 2.35 bits per heavy atom. The molecule has 3 rings (SSSR count). The van der Waals surface area contributed by atoms with Gasteiger partial charge in [-0.15, -0.1) is 0 Å². The van der Waals surface area contributed by atoms with Crippen molar-refractivity contribution < 1.29 is 25.2 Å². The maximum Gasteiger partial charge on any atom is 0.267 e. The van der Waals surface area contributed by atoms with Crippen LogP contribution in [0.5, 0.6) is 0 Å². The summed E-state index contributed by atoms with van der Waals surface area (Å²) in [5, 5.41) is 41.4. The molecule has 23 heavy (non-hydrogen) atoms. The van der Waals surface area contributed by atoms with E-state index in [2.05, 4.69) is 0 Å². The molecule has 124 valence electrons. The van der Waals surface area contributed by atoms with Gasteiger partial charge in [0.25, 0.3) is 5.44 Å². The summed E-state index contributed by atoms with van der Waals surface area (Å²) in [4.78, 5) is 1.10. The molecule has 2 aromatic rings. The third-order valence-electron chi connectivity index (χ3n) is 4.13. The first-order valence-corrected chi connectivity index (χ1v) is 8.90. The highest BCUT2D eigenvalue weighted by Crippen LogP contribution is 2.44. The summed E-state index contributed by atoms with van der Waals surface area (Å²) < 4.78 is 5.69. The van der Waals surface area contributed by atoms with Crippen LogP contribution >= 0.6 is 10.5 Å². The zero-order chi connectivity index (χ0) is 16.4. The minimum atomic E-state index is -1.33. The van der Waals surface area contributed by atoms with Gasteiger partial charge in [0.15, 0.2) is 11.0 Å². The van der Waals surface area contributed by atoms with Crippen LogP contribution in [0, 0.1) is 0 Å². The van der Waals surface area contributed by atoms with Crippen molar-refractivity contribution in [1.29, 1.82) is 0 Å². The number of hydrogen-bond donors (Lipinski definition) is 4. The monoisotopic (exact) mass is 337 g/mol. The van der Waals surface area contributed by atoms with Crippen LogP contribution in [0.2, 0.25) is 0 Å². The zero-order valence-corrected chi connectivity index (χ0v) is 13.3. The molecule has 6 atom stereocenters. The molecule has 1 unspecified atom stereocenters.